The van der Waals surface area contributed by atoms with Crippen molar-refractivity contribution in [2.45, 2.75) is 20.0 Å². The van der Waals surface area contributed by atoms with Gasteiger partial charge >= 0.3 is 0 Å². The number of carbonyl (C=O) groups is 1. The highest BCUT2D eigenvalue weighted by atomic mass is 35.5. The Morgan fingerprint density at radius 1 is 1.29 bits per heavy atom. The number of rotatable bonds is 5. The summed E-state index contributed by atoms with van der Waals surface area (Å²) in [6.45, 7) is 2.53. The van der Waals surface area contributed by atoms with E-state index in [0.29, 0.717) is 22.4 Å². The number of halogens is 2. The van der Waals surface area contributed by atoms with Crippen LogP contribution in [0.1, 0.15) is 11.3 Å². The van der Waals surface area contributed by atoms with E-state index >= 15 is 0 Å². The molecule has 3 rings (SSSR count). The molecule has 1 aromatic carbocycles. The molecule has 3 aromatic rings. The van der Waals surface area contributed by atoms with Crippen LogP contribution in [0.4, 0.5) is 5.82 Å². The van der Waals surface area contributed by atoms with Crippen LogP contribution in [-0.2, 0) is 17.9 Å². The van der Waals surface area contributed by atoms with E-state index in [1.165, 1.54) is 10.9 Å². The molecule has 0 saturated heterocycles. The van der Waals surface area contributed by atoms with Crippen molar-refractivity contribution in [2.75, 3.05) is 5.32 Å². The average molecular weight is 364 g/mol. The molecule has 0 aliphatic rings. The van der Waals surface area contributed by atoms with Crippen LogP contribution < -0.4 is 5.32 Å². The maximum atomic E-state index is 12.0. The second-order valence-corrected chi connectivity index (χ2v) is 6.17. The molecule has 0 spiro atoms. The Morgan fingerprint density at radius 3 is 2.79 bits per heavy atom. The maximum Gasteiger partial charge on any atom is 0.247 e. The number of nitrogens with zero attached hydrogens (tertiary/aromatic N) is 4. The zero-order chi connectivity index (χ0) is 17.1. The van der Waals surface area contributed by atoms with Crippen LogP contribution in [0.2, 0.25) is 10.0 Å². The van der Waals surface area contributed by atoms with Crippen molar-refractivity contribution >= 4 is 34.9 Å². The number of aryl methyl sites for hydroxylation is 1. The lowest BCUT2D eigenvalue weighted by molar-refractivity contribution is -0.116. The largest absolute Gasteiger partial charge is 0.308 e. The third kappa shape index (κ3) is 3.96. The normalized spacial score (nSPS) is 10.8. The highest BCUT2D eigenvalue weighted by molar-refractivity contribution is 6.31. The molecule has 0 radical (unpaired) electrons. The molecule has 2 aromatic heterocycles. The summed E-state index contributed by atoms with van der Waals surface area (Å²) in [4.78, 5) is 12.0. The molecule has 24 heavy (non-hydrogen) atoms. The van der Waals surface area contributed by atoms with Gasteiger partial charge in [0.1, 0.15) is 6.54 Å². The van der Waals surface area contributed by atoms with Crippen LogP contribution in [0.5, 0.6) is 0 Å². The molecular formula is C16H15Cl2N5O. The summed E-state index contributed by atoms with van der Waals surface area (Å²) >= 11 is 12.0. The number of amides is 1. The van der Waals surface area contributed by atoms with Crippen molar-refractivity contribution in [3.8, 4) is 0 Å². The van der Waals surface area contributed by atoms with Gasteiger partial charge in [-0.15, -0.1) is 0 Å². The predicted octanol–water partition coefficient (Wildman–Crippen LogP) is 3.38. The summed E-state index contributed by atoms with van der Waals surface area (Å²) in [5.41, 5.74) is 1.89. The van der Waals surface area contributed by atoms with E-state index < -0.39 is 0 Å². The van der Waals surface area contributed by atoms with Crippen LogP contribution in [0.25, 0.3) is 0 Å². The first-order chi connectivity index (χ1) is 11.5. The monoisotopic (exact) mass is 363 g/mol. The summed E-state index contributed by atoms with van der Waals surface area (Å²) < 4.78 is 3.26. The summed E-state index contributed by atoms with van der Waals surface area (Å²) in [6.07, 6.45) is 3.07. The van der Waals surface area contributed by atoms with E-state index in [-0.39, 0.29) is 12.5 Å². The molecule has 0 fully saturated rings. The highest BCUT2D eigenvalue weighted by Crippen LogP contribution is 2.18. The summed E-state index contributed by atoms with van der Waals surface area (Å²) in [7, 11) is 0. The molecule has 1 N–H and O–H groups in total. The molecule has 6 nitrogen and oxygen atoms in total. The average Bonchev–Trinajstić information content (AvgIpc) is 3.07. The minimum Gasteiger partial charge on any atom is -0.308 e. The van der Waals surface area contributed by atoms with Gasteiger partial charge in [0.25, 0.3) is 0 Å². The summed E-state index contributed by atoms with van der Waals surface area (Å²) in [5.74, 6) is 0.264. The second-order valence-electron chi connectivity index (χ2n) is 5.32. The fourth-order valence-electron chi connectivity index (χ4n) is 2.27. The minimum atomic E-state index is -0.225. The molecule has 0 aliphatic carbocycles. The number of benzene rings is 1. The van der Waals surface area contributed by atoms with E-state index in [9.17, 15) is 4.79 Å². The number of aromatic nitrogens is 4. The topological polar surface area (TPSA) is 64.7 Å². The van der Waals surface area contributed by atoms with Crippen molar-refractivity contribution in [3.05, 3.63) is 64.0 Å². The molecule has 8 heteroatoms. The quantitative estimate of drug-likeness (QED) is 0.755. The smallest absolute Gasteiger partial charge is 0.247 e. The van der Waals surface area contributed by atoms with E-state index in [4.69, 9.17) is 23.2 Å². The first-order valence-electron chi connectivity index (χ1n) is 7.27. The molecule has 0 atom stereocenters. The lowest BCUT2D eigenvalue weighted by Gasteiger charge is -2.06. The first kappa shape index (κ1) is 16.5. The summed E-state index contributed by atoms with van der Waals surface area (Å²) in [5, 5.41) is 12.3. The SMILES string of the molecule is Cc1cc(NC(=O)Cn2cc(Cl)cn2)nn1Cc1ccccc1Cl. The first-order valence-corrected chi connectivity index (χ1v) is 8.02. The Bertz CT molecular complexity index is 871. The van der Waals surface area contributed by atoms with Crippen molar-refractivity contribution < 1.29 is 4.79 Å². The van der Waals surface area contributed by atoms with Crippen molar-refractivity contribution in [1.29, 1.82) is 0 Å². The zero-order valence-electron chi connectivity index (χ0n) is 12.9. The summed E-state index contributed by atoms with van der Waals surface area (Å²) in [6, 6.07) is 9.41. The van der Waals surface area contributed by atoms with Crippen LogP contribution in [0, 0.1) is 6.92 Å². The van der Waals surface area contributed by atoms with Crippen molar-refractivity contribution in [3.63, 3.8) is 0 Å². The minimum absolute atomic E-state index is 0.0726. The molecule has 1 amide bonds. The standard InChI is InChI=1S/C16H15Cl2N5O/c1-11-6-15(20-16(24)10-22-9-13(17)7-19-22)21-23(11)8-12-4-2-3-5-14(12)18/h2-7,9H,8,10H2,1H3,(H,20,21,24). The van der Waals surface area contributed by atoms with Crippen molar-refractivity contribution in [1.82, 2.24) is 19.6 Å². The molecule has 0 unspecified atom stereocenters. The molecule has 0 bridgehead atoms. The Hall–Kier alpha value is -2.31. The van der Waals surface area contributed by atoms with Gasteiger partial charge in [0, 0.05) is 23.0 Å². The van der Waals surface area contributed by atoms with E-state index in [0.717, 1.165) is 11.3 Å². The fourth-order valence-corrected chi connectivity index (χ4v) is 2.63. The van der Waals surface area contributed by atoms with Crippen LogP contribution in [0.3, 0.4) is 0 Å². The number of nitrogens with one attached hydrogen (secondary N) is 1. The van der Waals surface area contributed by atoms with Gasteiger partial charge in [0.15, 0.2) is 5.82 Å². The zero-order valence-corrected chi connectivity index (χ0v) is 14.4. The van der Waals surface area contributed by atoms with Crippen LogP contribution in [0.15, 0.2) is 42.7 Å². The Morgan fingerprint density at radius 2 is 2.08 bits per heavy atom. The van der Waals surface area contributed by atoms with Crippen LogP contribution >= 0.6 is 23.2 Å². The van der Waals surface area contributed by atoms with Gasteiger partial charge in [-0.25, -0.2) is 0 Å². The molecule has 2 heterocycles. The van der Waals surface area contributed by atoms with Gasteiger partial charge in [-0.2, -0.15) is 10.2 Å². The predicted molar refractivity (Wildman–Crippen MR) is 93.4 cm³/mol. The van der Waals surface area contributed by atoms with E-state index in [1.807, 2.05) is 37.3 Å². The fraction of sp³-hybridized carbons (Fsp3) is 0.188. The molecule has 0 saturated carbocycles. The molecule has 124 valence electrons. The van der Waals surface area contributed by atoms with Gasteiger partial charge in [-0.05, 0) is 18.6 Å². The number of hydrogen-bond acceptors (Lipinski definition) is 3. The van der Waals surface area contributed by atoms with E-state index in [1.54, 1.807) is 10.9 Å². The lowest BCUT2D eigenvalue weighted by Crippen LogP contribution is -2.19. The Labute approximate surface area is 149 Å². The van der Waals surface area contributed by atoms with Gasteiger partial charge < -0.3 is 5.32 Å². The lowest BCUT2D eigenvalue weighted by atomic mass is 10.2. The molecule has 0 aliphatic heterocycles. The van der Waals surface area contributed by atoms with E-state index in [2.05, 4.69) is 15.5 Å². The highest BCUT2D eigenvalue weighted by Gasteiger charge is 2.10. The number of anilines is 1. The van der Waals surface area contributed by atoms with Gasteiger partial charge in [-0.3, -0.25) is 14.2 Å². The maximum absolute atomic E-state index is 12.0. The van der Waals surface area contributed by atoms with Gasteiger partial charge in [0.05, 0.1) is 17.8 Å². The van der Waals surface area contributed by atoms with Crippen LogP contribution in [-0.4, -0.2) is 25.5 Å². The number of carbonyl (C=O) groups excluding carboxylic acids is 1. The van der Waals surface area contributed by atoms with Crippen molar-refractivity contribution in [2.24, 2.45) is 0 Å². The Kier molecular flexibility index (Phi) is 4.87. The van der Waals surface area contributed by atoms with Gasteiger partial charge in [0.2, 0.25) is 5.91 Å². The third-order valence-electron chi connectivity index (χ3n) is 3.43. The second kappa shape index (κ2) is 7.07. The van der Waals surface area contributed by atoms with Gasteiger partial charge in [-0.1, -0.05) is 41.4 Å². The number of hydrogen-bond donors (Lipinski definition) is 1. The molecular weight excluding hydrogens is 349 g/mol. The Balaban J connectivity index is 1.67. The third-order valence-corrected chi connectivity index (χ3v) is 4.00.